The van der Waals surface area contributed by atoms with Crippen LogP contribution in [0.4, 0.5) is 14.6 Å². The first kappa shape index (κ1) is 25.2. The normalized spacial score (nSPS) is 16.5. The van der Waals surface area contributed by atoms with Crippen molar-refractivity contribution in [1.29, 1.82) is 0 Å². The van der Waals surface area contributed by atoms with Crippen LogP contribution in [0.1, 0.15) is 49.3 Å². The number of hydrogen-bond donors (Lipinski definition) is 1. The van der Waals surface area contributed by atoms with Crippen LogP contribution in [0.2, 0.25) is 0 Å². The van der Waals surface area contributed by atoms with Crippen LogP contribution in [-0.4, -0.2) is 54.2 Å². The van der Waals surface area contributed by atoms with Gasteiger partial charge in [0.15, 0.2) is 0 Å². The third-order valence-electron chi connectivity index (χ3n) is 5.35. The number of thioether (sulfide) groups is 1. The molecule has 1 unspecified atom stereocenters. The number of hydrogen-bond acceptors (Lipinski definition) is 5. The zero-order valence-corrected chi connectivity index (χ0v) is 20.4. The topological polar surface area (TPSA) is 76.5 Å². The van der Waals surface area contributed by atoms with Gasteiger partial charge in [0.2, 0.25) is 11.8 Å². The van der Waals surface area contributed by atoms with Gasteiger partial charge in [-0.1, -0.05) is 26.8 Å². The molecule has 1 aromatic heterocycles. The number of nitrogens with zero attached hydrogens (tertiary/aromatic N) is 3. The van der Waals surface area contributed by atoms with Crippen molar-refractivity contribution in [2.45, 2.75) is 37.9 Å². The predicted octanol–water partition coefficient (Wildman–Crippen LogP) is 3.32. The highest BCUT2D eigenvalue weighted by Gasteiger charge is 2.39. The summed E-state index contributed by atoms with van der Waals surface area (Å²) in [7, 11) is 3.30. The number of rotatable bonds is 7. The Hall–Kier alpha value is -2.46. The minimum Gasteiger partial charge on any atom is -0.385 e. The molecule has 3 rings (SSSR count). The first-order valence-electron chi connectivity index (χ1n) is 10.7. The molecule has 1 N–H and O–H groups in total. The zero-order valence-electron chi connectivity index (χ0n) is 19.6. The molecule has 7 nitrogen and oxygen atoms in total. The number of nitrogens with one attached hydrogen (secondary N) is 1. The van der Waals surface area contributed by atoms with Crippen molar-refractivity contribution in [2.75, 3.05) is 37.5 Å². The Morgan fingerprint density at radius 2 is 2.06 bits per heavy atom. The number of methoxy groups -OCH3 is 1. The second-order valence-electron chi connectivity index (χ2n) is 8.99. The third-order valence-corrected chi connectivity index (χ3v) is 6.59. The van der Waals surface area contributed by atoms with Crippen LogP contribution < -0.4 is 10.2 Å². The zero-order chi connectivity index (χ0) is 24.3. The fourth-order valence-electron chi connectivity index (χ4n) is 3.85. The van der Waals surface area contributed by atoms with Gasteiger partial charge >= 0.3 is 0 Å². The maximum Gasteiger partial charge on any atom is 0.240 e. The maximum atomic E-state index is 14.8. The van der Waals surface area contributed by atoms with Crippen LogP contribution in [0.15, 0.2) is 18.2 Å². The average molecular weight is 481 g/mol. The largest absolute Gasteiger partial charge is 0.385 e. The van der Waals surface area contributed by atoms with Gasteiger partial charge in [0.25, 0.3) is 0 Å². The number of halogens is 2. The van der Waals surface area contributed by atoms with E-state index in [1.54, 1.807) is 18.8 Å². The first-order chi connectivity index (χ1) is 15.5. The summed E-state index contributed by atoms with van der Waals surface area (Å²) in [6, 6.07) is 3.47. The van der Waals surface area contributed by atoms with Crippen LogP contribution in [-0.2, 0) is 26.8 Å². The maximum absolute atomic E-state index is 14.8. The molecule has 0 saturated heterocycles. The second kappa shape index (κ2) is 10.2. The molecule has 180 valence electrons. The van der Waals surface area contributed by atoms with Gasteiger partial charge in [-0.25, -0.2) is 8.78 Å². The highest BCUT2D eigenvalue weighted by Crippen LogP contribution is 2.48. The molecule has 0 aliphatic carbocycles. The van der Waals surface area contributed by atoms with Crippen molar-refractivity contribution in [2.24, 2.45) is 7.05 Å². The summed E-state index contributed by atoms with van der Waals surface area (Å²) >= 11 is 1.25. The van der Waals surface area contributed by atoms with Gasteiger partial charge in [-0.05, 0) is 12.5 Å². The monoisotopic (exact) mass is 480 g/mol. The predicted molar refractivity (Wildman–Crippen MR) is 124 cm³/mol. The van der Waals surface area contributed by atoms with Crippen molar-refractivity contribution in [3.63, 3.8) is 0 Å². The molecule has 1 aliphatic rings. The van der Waals surface area contributed by atoms with E-state index in [1.807, 2.05) is 20.8 Å². The SMILES string of the molecule is COCCCNC(=O)CN1C(=O)CSC(c2ccc(F)cc2F)c2c(C(C)(C)C)nn(C)c21. The van der Waals surface area contributed by atoms with E-state index in [-0.39, 0.29) is 29.7 Å². The van der Waals surface area contributed by atoms with E-state index in [2.05, 4.69) is 10.4 Å². The molecular weight excluding hydrogens is 450 g/mol. The third kappa shape index (κ3) is 5.55. The minimum atomic E-state index is -0.682. The van der Waals surface area contributed by atoms with E-state index >= 15 is 0 Å². The molecule has 0 spiro atoms. The van der Waals surface area contributed by atoms with Crippen LogP contribution in [0, 0.1) is 11.6 Å². The van der Waals surface area contributed by atoms with Gasteiger partial charge in [0.05, 0.1) is 16.7 Å². The van der Waals surface area contributed by atoms with E-state index in [9.17, 15) is 18.4 Å². The van der Waals surface area contributed by atoms with Gasteiger partial charge < -0.3 is 10.1 Å². The average Bonchev–Trinajstić information content (AvgIpc) is 3.01. The van der Waals surface area contributed by atoms with Gasteiger partial charge in [0.1, 0.15) is 24.0 Å². The van der Waals surface area contributed by atoms with E-state index in [4.69, 9.17) is 4.74 Å². The highest BCUT2D eigenvalue weighted by atomic mass is 32.2. The van der Waals surface area contributed by atoms with Crippen LogP contribution in [0.5, 0.6) is 0 Å². The molecule has 0 saturated carbocycles. The van der Waals surface area contributed by atoms with Gasteiger partial charge in [-0.2, -0.15) is 5.10 Å². The lowest BCUT2D eigenvalue weighted by atomic mass is 9.87. The summed E-state index contributed by atoms with van der Waals surface area (Å²) in [6.07, 6.45) is 0.656. The summed E-state index contributed by atoms with van der Waals surface area (Å²) in [4.78, 5) is 27.2. The molecule has 2 heterocycles. The molecule has 2 aromatic rings. The summed E-state index contributed by atoms with van der Waals surface area (Å²) in [5.74, 6) is -1.44. The van der Waals surface area contributed by atoms with Crippen molar-refractivity contribution in [1.82, 2.24) is 15.1 Å². The minimum absolute atomic E-state index is 0.0384. The Morgan fingerprint density at radius 1 is 1.33 bits per heavy atom. The van der Waals surface area contributed by atoms with Crippen molar-refractivity contribution < 1.29 is 23.1 Å². The van der Waals surface area contributed by atoms with E-state index in [0.29, 0.717) is 36.6 Å². The molecule has 1 atom stereocenters. The number of aryl methyl sites for hydroxylation is 1. The molecule has 2 amide bonds. The molecule has 33 heavy (non-hydrogen) atoms. The Labute approximate surface area is 196 Å². The quantitative estimate of drug-likeness (QED) is 0.616. The highest BCUT2D eigenvalue weighted by molar-refractivity contribution is 8.00. The van der Waals surface area contributed by atoms with Crippen LogP contribution >= 0.6 is 11.8 Å². The second-order valence-corrected chi connectivity index (χ2v) is 10.1. The lowest BCUT2D eigenvalue weighted by Gasteiger charge is -2.24. The Balaban J connectivity index is 2.07. The van der Waals surface area contributed by atoms with E-state index < -0.39 is 22.3 Å². The lowest BCUT2D eigenvalue weighted by Crippen LogP contribution is -2.42. The number of anilines is 1. The molecule has 10 heteroatoms. The lowest BCUT2D eigenvalue weighted by molar-refractivity contribution is -0.123. The van der Waals surface area contributed by atoms with E-state index in [0.717, 1.165) is 6.07 Å². The van der Waals surface area contributed by atoms with Crippen molar-refractivity contribution in [3.05, 3.63) is 46.7 Å². The molecular formula is C23H30F2N4O3S. The number of carbonyl (C=O) groups excluding carboxylic acids is 2. The number of amides is 2. The Morgan fingerprint density at radius 3 is 2.70 bits per heavy atom. The van der Waals surface area contributed by atoms with Crippen molar-refractivity contribution in [3.8, 4) is 0 Å². The Bertz CT molecular complexity index is 1040. The fourth-order valence-corrected chi connectivity index (χ4v) is 5.07. The summed E-state index contributed by atoms with van der Waals surface area (Å²) in [5, 5.41) is 6.89. The van der Waals surface area contributed by atoms with Gasteiger partial charge in [-0.3, -0.25) is 19.2 Å². The molecule has 0 radical (unpaired) electrons. The molecule has 0 bridgehead atoms. The van der Waals surface area contributed by atoms with Crippen LogP contribution in [0.3, 0.4) is 0 Å². The fraction of sp³-hybridized carbons (Fsp3) is 0.522. The smallest absolute Gasteiger partial charge is 0.240 e. The number of benzene rings is 1. The van der Waals surface area contributed by atoms with Crippen molar-refractivity contribution >= 4 is 29.4 Å². The molecule has 1 aliphatic heterocycles. The molecule has 1 aromatic carbocycles. The van der Waals surface area contributed by atoms with E-state index in [1.165, 1.54) is 28.8 Å². The summed E-state index contributed by atoms with van der Waals surface area (Å²) < 4.78 is 35.0. The summed E-state index contributed by atoms with van der Waals surface area (Å²) in [6.45, 7) is 6.72. The Kier molecular flexibility index (Phi) is 7.79. The van der Waals surface area contributed by atoms with Gasteiger partial charge in [0, 0.05) is 49.9 Å². The van der Waals surface area contributed by atoms with Gasteiger partial charge in [-0.15, -0.1) is 11.8 Å². The first-order valence-corrected chi connectivity index (χ1v) is 11.8. The number of carbonyl (C=O) groups is 2. The number of ether oxygens (including phenoxy) is 1. The summed E-state index contributed by atoms with van der Waals surface area (Å²) in [5.41, 5.74) is 1.22. The standard InChI is InChI=1S/C23H30F2N4O3S/c1-23(2,3)21-19-20(15-8-7-14(24)11-16(15)25)33-13-18(31)29(22(19)28(4)27-21)12-17(30)26-9-6-10-32-5/h7-8,11,20H,6,9-10,12-13H2,1-5H3,(H,26,30). The number of fused-ring (bicyclic) bond motifs is 1. The van der Waals surface area contributed by atoms with Crippen LogP contribution in [0.25, 0.3) is 0 Å². The number of aromatic nitrogens is 2. The molecule has 0 fully saturated rings.